The molecule has 2 fully saturated rings. The highest BCUT2D eigenvalue weighted by Gasteiger charge is 2.47. The minimum atomic E-state index is 0.0850. The van der Waals surface area contributed by atoms with E-state index < -0.39 is 0 Å². The number of fused-ring (bicyclic) bond motifs is 1. The van der Waals surface area contributed by atoms with Crippen molar-refractivity contribution in [1.29, 1.82) is 5.26 Å². The van der Waals surface area contributed by atoms with E-state index in [1.165, 1.54) is 0 Å². The van der Waals surface area contributed by atoms with Gasteiger partial charge in [-0.15, -0.1) is 11.3 Å². The van der Waals surface area contributed by atoms with E-state index in [0.29, 0.717) is 23.9 Å². The smallest absolute Gasteiger partial charge is 0.223 e. The van der Waals surface area contributed by atoms with Crippen LogP contribution < -0.4 is 10.2 Å². The summed E-state index contributed by atoms with van der Waals surface area (Å²) in [5, 5.41) is 15.0. The third kappa shape index (κ3) is 3.67. The van der Waals surface area contributed by atoms with Crippen LogP contribution >= 0.6 is 11.3 Å². The highest BCUT2D eigenvalue weighted by molar-refractivity contribution is 7.09. The lowest BCUT2D eigenvalue weighted by Gasteiger charge is -2.50. The molecule has 3 atom stereocenters. The molecule has 0 spiro atoms. The Labute approximate surface area is 163 Å². The molecule has 2 aromatic rings. The molecule has 0 unspecified atom stereocenters. The summed E-state index contributed by atoms with van der Waals surface area (Å²) in [6.45, 7) is 4.44. The number of aryl methyl sites for hydroxylation is 1. The molecule has 1 aliphatic heterocycles. The molecule has 1 aliphatic carbocycles. The van der Waals surface area contributed by atoms with E-state index in [-0.39, 0.29) is 11.8 Å². The summed E-state index contributed by atoms with van der Waals surface area (Å²) in [5.41, 5.74) is 1.66. The zero-order valence-electron chi connectivity index (χ0n) is 15.4. The fourth-order valence-corrected chi connectivity index (χ4v) is 4.94. The molecular formula is C20H23N5OS. The molecule has 0 radical (unpaired) electrons. The van der Waals surface area contributed by atoms with Crippen LogP contribution in [0.5, 0.6) is 0 Å². The van der Waals surface area contributed by atoms with Gasteiger partial charge in [0.25, 0.3) is 0 Å². The Morgan fingerprint density at radius 2 is 2.37 bits per heavy atom. The Hall–Kier alpha value is -2.46. The highest BCUT2D eigenvalue weighted by atomic mass is 32.1. The first kappa shape index (κ1) is 17.9. The van der Waals surface area contributed by atoms with Gasteiger partial charge in [0.15, 0.2) is 0 Å². The Kier molecular flexibility index (Phi) is 5.08. The van der Waals surface area contributed by atoms with Crippen molar-refractivity contribution < 1.29 is 4.79 Å². The lowest BCUT2D eigenvalue weighted by Crippen LogP contribution is -2.55. The number of hydrogen-bond donors (Lipinski definition) is 1. The number of pyridine rings is 1. The van der Waals surface area contributed by atoms with Gasteiger partial charge in [0.2, 0.25) is 5.91 Å². The summed E-state index contributed by atoms with van der Waals surface area (Å²) in [4.78, 5) is 23.8. The van der Waals surface area contributed by atoms with Gasteiger partial charge in [-0.2, -0.15) is 5.26 Å². The van der Waals surface area contributed by atoms with Crippen LogP contribution in [-0.4, -0.2) is 29.0 Å². The van der Waals surface area contributed by atoms with Crippen molar-refractivity contribution in [3.8, 4) is 6.07 Å². The minimum absolute atomic E-state index is 0.0850. The van der Waals surface area contributed by atoms with Gasteiger partial charge >= 0.3 is 0 Å². The van der Waals surface area contributed by atoms with Crippen LogP contribution in [0.25, 0.3) is 0 Å². The summed E-state index contributed by atoms with van der Waals surface area (Å²) < 4.78 is 0. The maximum Gasteiger partial charge on any atom is 0.223 e. The zero-order chi connectivity index (χ0) is 18.8. The van der Waals surface area contributed by atoms with Crippen molar-refractivity contribution in [2.24, 2.45) is 17.8 Å². The number of thiazole rings is 1. The molecule has 1 N–H and O–H groups in total. The van der Waals surface area contributed by atoms with Crippen LogP contribution in [0.3, 0.4) is 0 Å². The van der Waals surface area contributed by atoms with Crippen molar-refractivity contribution in [3.05, 3.63) is 40.0 Å². The molecule has 140 valence electrons. The van der Waals surface area contributed by atoms with E-state index in [4.69, 9.17) is 5.26 Å². The van der Waals surface area contributed by atoms with Crippen LogP contribution in [0.4, 0.5) is 5.82 Å². The Morgan fingerprint density at radius 3 is 3.07 bits per heavy atom. The SMILES string of the molecule is CCc1csc(CNC(=O)[C@@H]2C[C@H]3CCN(c4ccc(C#N)cn4)C[C@H]32)n1. The number of hydrogen-bond acceptors (Lipinski definition) is 6. The van der Waals surface area contributed by atoms with E-state index >= 15 is 0 Å². The maximum atomic E-state index is 12.7. The number of carbonyl (C=O) groups is 1. The molecular weight excluding hydrogens is 358 g/mol. The Morgan fingerprint density at radius 1 is 1.48 bits per heavy atom. The summed E-state index contributed by atoms with van der Waals surface area (Å²) in [6.07, 6.45) is 4.63. The second-order valence-electron chi connectivity index (χ2n) is 7.32. The minimum Gasteiger partial charge on any atom is -0.356 e. The highest BCUT2D eigenvalue weighted by Crippen LogP contribution is 2.46. The van der Waals surface area contributed by atoms with E-state index in [1.807, 2.05) is 6.07 Å². The molecule has 1 saturated carbocycles. The summed E-state index contributed by atoms with van der Waals surface area (Å²) >= 11 is 1.61. The number of nitrogens with one attached hydrogen (secondary N) is 1. The standard InChI is InChI=1S/C20H23N5OS/c1-2-15-12-27-19(24-15)10-23-20(26)16-7-14-5-6-25(11-17(14)16)18-4-3-13(8-21)9-22-18/h3-4,9,12,14,16-17H,2,5-7,10-11H2,1H3,(H,23,26)/t14-,16-,17-/m1/s1. The lowest BCUT2D eigenvalue weighted by atomic mass is 9.61. The zero-order valence-corrected chi connectivity index (χ0v) is 16.2. The van der Waals surface area contributed by atoms with Gasteiger partial charge < -0.3 is 10.2 Å². The summed E-state index contributed by atoms with van der Waals surface area (Å²) in [5.74, 6) is 2.16. The molecule has 2 aliphatic rings. The monoisotopic (exact) mass is 381 g/mol. The van der Waals surface area contributed by atoms with E-state index in [9.17, 15) is 4.79 Å². The predicted octanol–water partition coefficient (Wildman–Crippen LogP) is 2.75. The third-order valence-corrected chi connectivity index (χ3v) is 6.69. The van der Waals surface area contributed by atoms with Crippen LogP contribution in [-0.2, 0) is 17.8 Å². The van der Waals surface area contributed by atoms with Crippen molar-refractivity contribution >= 4 is 23.1 Å². The van der Waals surface area contributed by atoms with Crippen molar-refractivity contribution in [2.75, 3.05) is 18.0 Å². The summed E-state index contributed by atoms with van der Waals surface area (Å²) in [7, 11) is 0. The predicted molar refractivity (Wildman–Crippen MR) is 104 cm³/mol. The number of carbonyl (C=O) groups excluding carboxylic acids is 1. The number of rotatable bonds is 5. The molecule has 0 aromatic carbocycles. The average molecular weight is 382 g/mol. The van der Waals surface area contributed by atoms with Crippen LogP contribution in [0.15, 0.2) is 23.7 Å². The van der Waals surface area contributed by atoms with Gasteiger partial charge in [-0.25, -0.2) is 9.97 Å². The molecule has 3 heterocycles. The van der Waals surface area contributed by atoms with Crippen LogP contribution in [0.1, 0.15) is 36.0 Å². The van der Waals surface area contributed by atoms with E-state index in [0.717, 1.165) is 48.9 Å². The molecule has 7 heteroatoms. The van der Waals surface area contributed by atoms with E-state index in [1.54, 1.807) is 23.6 Å². The second-order valence-corrected chi connectivity index (χ2v) is 8.26. The summed E-state index contributed by atoms with van der Waals surface area (Å²) in [6, 6.07) is 5.81. The Bertz CT molecular complexity index is 856. The van der Waals surface area contributed by atoms with Crippen molar-refractivity contribution in [1.82, 2.24) is 15.3 Å². The molecule has 2 aromatic heterocycles. The molecule has 4 rings (SSSR count). The van der Waals surface area contributed by atoms with Gasteiger partial charge in [0.1, 0.15) is 16.9 Å². The van der Waals surface area contributed by atoms with Gasteiger partial charge in [0, 0.05) is 30.6 Å². The first-order valence-electron chi connectivity index (χ1n) is 9.50. The van der Waals surface area contributed by atoms with Gasteiger partial charge in [-0.3, -0.25) is 4.79 Å². The third-order valence-electron chi connectivity index (χ3n) is 5.79. The van der Waals surface area contributed by atoms with Crippen molar-refractivity contribution in [3.63, 3.8) is 0 Å². The number of amides is 1. The first-order chi connectivity index (χ1) is 13.2. The van der Waals surface area contributed by atoms with Crippen molar-refractivity contribution in [2.45, 2.75) is 32.7 Å². The number of nitriles is 1. The molecule has 1 amide bonds. The van der Waals surface area contributed by atoms with Crippen LogP contribution in [0, 0.1) is 29.1 Å². The van der Waals surface area contributed by atoms with Gasteiger partial charge in [-0.05, 0) is 43.2 Å². The second kappa shape index (κ2) is 7.65. The average Bonchev–Trinajstić information content (AvgIpc) is 3.15. The fraction of sp³-hybridized carbons (Fsp3) is 0.500. The maximum absolute atomic E-state index is 12.7. The molecule has 0 bridgehead atoms. The molecule has 27 heavy (non-hydrogen) atoms. The number of anilines is 1. The number of nitrogens with zero attached hydrogens (tertiary/aromatic N) is 4. The molecule has 1 saturated heterocycles. The largest absolute Gasteiger partial charge is 0.356 e. The lowest BCUT2D eigenvalue weighted by molar-refractivity contribution is -0.134. The number of piperidine rings is 1. The van der Waals surface area contributed by atoms with Gasteiger partial charge in [-0.1, -0.05) is 6.92 Å². The molecule has 6 nitrogen and oxygen atoms in total. The first-order valence-corrected chi connectivity index (χ1v) is 10.4. The van der Waals surface area contributed by atoms with E-state index in [2.05, 4.69) is 38.6 Å². The van der Waals surface area contributed by atoms with Gasteiger partial charge in [0.05, 0.1) is 17.8 Å². The Balaban J connectivity index is 1.34. The normalized spacial score (nSPS) is 23.9. The van der Waals surface area contributed by atoms with Crippen LogP contribution in [0.2, 0.25) is 0 Å². The number of aromatic nitrogens is 2. The topological polar surface area (TPSA) is 81.9 Å². The quantitative estimate of drug-likeness (QED) is 0.861. The fourth-order valence-electron chi connectivity index (χ4n) is 4.12.